The normalized spacial score (nSPS) is 32.0. The quantitative estimate of drug-likeness (QED) is 0.114. The number of aliphatic hydroxyl groups excluding tert-OH is 2. The van der Waals surface area contributed by atoms with Crippen LogP contribution in [0.3, 0.4) is 0 Å². The molecule has 2 aliphatic rings. The van der Waals surface area contributed by atoms with Crippen molar-refractivity contribution in [3.63, 3.8) is 0 Å². The number of H-pyrrole nitrogens is 1. The number of alkyl halides is 2. The highest BCUT2D eigenvalue weighted by atomic mass is 35.5. The number of phosphoric ester groups is 1. The van der Waals surface area contributed by atoms with Crippen molar-refractivity contribution in [3.8, 4) is 0 Å². The number of rotatable bonds is 8. The van der Waals surface area contributed by atoms with Crippen molar-refractivity contribution in [2.45, 2.75) is 48.4 Å². The molecule has 0 spiro atoms. The first-order chi connectivity index (χ1) is 18.9. The zero-order valence-corrected chi connectivity index (χ0v) is 21.6. The number of aromatic amines is 1. The highest BCUT2D eigenvalue weighted by Gasteiger charge is 2.50. The van der Waals surface area contributed by atoms with Crippen LogP contribution in [0, 0.1) is 0 Å². The molecule has 0 bridgehead atoms. The van der Waals surface area contributed by atoms with Gasteiger partial charge in [-0.1, -0.05) is 0 Å². The number of nitrogens with zero attached hydrogens (tertiary/aromatic N) is 6. The summed E-state index contributed by atoms with van der Waals surface area (Å²) in [5.41, 5.74) is 9.05. The number of nitrogens with two attached hydrogens (primary N) is 2. The molecule has 0 amide bonds. The summed E-state index contributed by atoms with van der Waals surface area (Å²) in [6.07, 6.45) is -9.01. The second-order valence-electron chi connectivity index (χ2n) is 8.71. The Morgan fingerprint density at radius 2 is 1.85 bits per heavy atom. The average Bonchev–Trinajstić information content (AvgIpc) is 3.53. The van der Waals surface area contributed by atoms with Crippen molar-refractivity contribution in [2.24, 2.45) is 0 Å². The molecular weight excluding hydrogens is 588 g/mol. The summed E-state index contributed by atoms with van der Waals surface area (Å²) in [4.78, 5) is 51.6. The molecule has 5 rings (SSSR count). The third kappa shape index (κ3) is 5.20. The number of halogens is 2. The van der Waals surface area contributed by atoms with E-state index in [1.165, 1.54) is 0 Å². The molecule has 3 aromatic rings. The molecule has 0 aliphatic carbocycles. The number of hydrogen-bond donors (Lipinski definition) is 6. The number of fused-ring (bicyclic) bond motifs is 1. The van der Waals surface area contributed by atoms with E-state index in [0.29, 0.717) is 0 Å². The fraction of sp³-hybridized carbons (Fsp3) is 0.556. The van der Waals surface area contributed by atoms with Gasteiger partial charge in [0, 0.05) is 0 Å². The largest absolute Gasteiger partial charge is 0.472 e. The van der Waals surface area contributed by atoms with Crippen LogP contribution in [0.5, 0.6) is 0 Å². The number of anilines is 2. The topological polar surface area (TPSA) is 278 Å². The zero-order chi connectivity index (χ0) is 28.9. The Balaban J connectivity index is 1.27. The van der Waals surface area contributed by atoms with E-state index in [1.54, 1.807) is 0 Å². The Morgan fingerprint density at radius 1 is 1.15 bits per heavy atom. The first kappa shape index (κ1) is 28.5. The minimum absolute atomic E-state index is 0.122. The Labute approximate surface area is 226 Å². The Hall–Kier alpha value is -3.07. The van der Waals surface area contributed by atoms with Crippen LogP contribution in [-0.4, -0.2) is 98.3 Å². The van der Waals surface area contributed by atoms with Crippen molar-refractivity contribution < 1.29 is 42.6 Å². The van der Waals surface area contributed by atoms with E-state index in [-0.39, 0.29) is 23.1 Å². The molecule has 9 atom stereocenters. The van der Waals surface area contributed by atoms with E-state index >= 15 is 0 Å². The van der Waals surface area contributed by atoms with E-state index in [4.69, 9.17) is 41.6 Å². The lowest BCUT2D eigenvalue weighted by atomic mass is 10.1. The fourth-order valence-corrected chi connectivity index (χ4v) is 5.70. The van der Waals surface area contributed by atoms with Crippen molar-refractivity contribution >= 4 is 42.5 Å². The van der Waals surface area contributed by atoms with Crippen molar-refractivity contribution in [1.82, 2.24) is 34.1 Å². The molecule has 0 saturated carbocycles. The molecule has 19 nitrogen and oxygen atoms in total. The van der Waals surface area contributed by atoms with Crippen LogP contribution in [0.4, 0.5) is 16.3 Å². The molecule has 40 heavy (non-hydrogen) atoms. The summed E-state index contributed by atoms with van der Waals surface area (Å²) in [6, 6.07) is 0. The second-order valence-corrected chi connectivity index (χ2v) is 10.6. The first-order valence-corrected chi connectivity index (χ1v) is 13.3. The van der Waals surface area contributed by atoms with Crippen molar-refractivity contribution in [1.29, 1.82) is 0 Å². The summed E-state index contributed by atoms with van der Waals surface area (Å²) >= 11 is 6.33. The van der Waals surface area contributed by atoms with Crippen LogP contribution < -0.4 is 22.7 Å². The monoisotopic (exact) mass is 609 g/mol. The van der Waals surface area contributed by atoms with E-state index in [9.17, 15) is 33.7 Å². The van der Waals surface area contributed by atoms with E-state index in [2.05, 4.69) is 24.9 Å². The van der Waals surface area contributed by atoms with E-state index < -0.39 is 80.7 Å². The number of imidazole rings is 1. The number of aliphatic hydroxyl groups is 2. The highest BCUT2D eigenvalue weighted by Crippen LogP contribution is 2.50. The summed E-state index contributed by atoms with van der Waals surface area (Å²) in [6.45, 7) is -1.57. The van der Waals surface area contributed by atoms with Gasteiger partial charge in [0.1, 0.15) is 36.1 Å². The van der Waals surface area contributed by atoms with Crippen LogP contribution in [0.2, 0.25) is 0 Å². The van der Waals surface area contributed by atoms with Gasteiger partial charge in [0.15, 0.2) is 29.8 Å². The van der Waals surface area contributed by atoms with Gasteiger partial charge in [-0.3, -0.25) is 28.0 Å². The average molecular weight is 610 g/mol. The van der Waals surface area contributed by atoms with Gasteiger partial charge in [0.2, 0.25) is 11.9 Å². The number of hydrogen-bond acceptors (Lipinski definition) is 15. The molecular formula is C18H22ClFN9O10P. The first-order valence-electron chi connectivity index (χ1n) is 11.4. The number of nitrogen functional groups attached to an aromatic ring is 2. The molecule has 218 valence electrons. The maximum absolute atomic E-state index is 15.0. The van der Waals surface area contributed by atoms with Gasteiger partial charge in [0.25, 0.3) is 5.56 Å². The van der Waals surface area contributed by atoms with Crippen LogP contribution in [0.15, 0.2) is 22.2 Å². The zero-order valence-electron chi connectivity index (χ0n) is 19.9. The fourth-order valence-electron chi connectivity index (χ4n) is 4.27. The third-order valence-electron chi connectivity index (χ3n) is 6.14. The molecule has 0 radical (unpaired) electrons. The third-order valence-corrected chi connectivity index (χ3v) is 7.59. The minimum Gasteiger partial charge on any atom is -0.394 e. The lowest BCUT2D eigenvalue weighted by molar-refractivity contribution is -0.0574. The van der Waals surface area contributed by atoms with Crippen molar-refractivity contribution in [2.75, 3.05) is 24.7 Å². The van der Waals surface area contributed by atoms with Gasteiger partial charge in [-0.05, 0) is 0 Å². The molecule has 5 heterocycles. The van der Waals surface area contributed by atoms with Crippen LogP contribution >= 0.6 is 19.4 Å². The number of aromatic nitrogens is 7. The predicted octanol–water partition coefficient (Wildman–Crippen LogP) is -2.47. The Kier molecular flexibility index (Phi) is 7.63. The van der Waals surface area contributed by atoms with Crippen LogP contribution in [0.25, 0.3) is 11.2 Å². The maximum Gasteiger partial charge on any atom is 0.472 e. The molecule has 8 N–H and O–H groups in total. The lowest BCUT2D eigenvalue weighted by Crippen LogP contribution is -2.35. The van der Waals surface area contributed by atoms with E-state index in [0.717, 1.165) is 21.8 Å². The summed E-state index contributed by atoms with van der Waals surface area (Å²) in [5.74, 6) is -0.577. The number of ether oxygens (including phenoxy) is 2. The summed E-state index contributed by atoms with van der Waals surface area (Å²) < 4.78 is 50.6. The SMILES string of the molecule is Nc1ncn([C@@H]2O[C@H](CO)[C@@H](OP(=O)(O)OC[C@H]3O[C@@H](n4cnc5c(=O)[nH]c(N)nc54)[C@H](F)[C@@H]3O)[C@H]2Cl)c(=O)n1. The second kappa shape index (κ2) is 10.7. The Morgan fingerprint density at radius 3 is 2.55 bits per heavy atom. The van der Waals surface area contributed by atoms with Gasteiger partial charge >= 0.3 is 13.5 Å². The molecule has 2 fully saturated rings. The van der Waals surface area contributed by atoms with Gasteiger partial charge < -0.3 is 36.0 Å². The lowest BCUT2D eigenvalue weighted by Gasteiger charge is -2.23. The molecule has 2 aliphatic heterocycles. The molecule has 0 aromatic carbocycles. The van der Waals surface area contributed by atoms with E-state index in [1.807, 2.05) is 0 Å². The highest BCUT2D eigenvalue weighted by molar-refractivity contribution is 7.47. The van der Waals surface area contributed by atoms with Gasteiger partial charge in [-0.2, -0.15) is 9.97 Å². The molecule has 22 heteroatoms. The van der Waals surface area contributed by atoms with Gasteiger partial charge in [-0.15, -0.1) is 11.6 Å². The predicted molar refractivity (Wildman–Crippen MR) is 129 cm³/mol. The molecule has 3 aromatic heterocycles. The van der Waals surface area contributed by atoms with Gasteiger partial charge in [-0.25, -0.2) is 23.7 Å². The Bertz CT molecular complexity index is 1570. The summed E-state index contributed by atoms with van der Waals surface area (Å²) in [5, 5.41) is 18.7. The standard InChI is InChI=1S/C18H22ClFN9O10P/c19-7-11(5(1-30)37-14(7)29-4-24-16(21)27-18(29)33)39-40(34,35)36-2-6-10(31)8(20)15(38-6)28-3-23-9-12(28)25-17(22)26-13(9)32/h3-8,10-11,14-15,30-31H,1-2H2,(H,34,35)(H2,21,27,33)(H3,22,25,26,32)/t5-,6-,7-,8-,10-,11-,14-,15-/m1/s1. The van der Waals surface area contributed by atoms with Crippen LogP contribution in [-0.2, 0) is 23.1 Å². The molecule has 2 saturated heterocycles. The smallest absolute Gasteiger partial charge is 0.394 e. The maximum atomic E-state index is 15.0. The minimum atomic E-state index is -5.02. The summed E-state index contributed by atoms with van der Waals surface area (Å²) in [7, 11) is -5.02. The number of nitrogens with one attached hydrogen (secondary N) is 1. The van der Waals surface area contributed by atoms with Gasteiger partial charge in [0.05, 0.1) is 19.5 Å². The van der Waals surface area contributed by atoms with Crippen molar-refractivity contribution in [3.05, 3.63) is 33.5 Å². The number of phosphoric acid groups is 1. The van der Waals surface area contributed by atoms with Crippen LogP contribution in [0.1, 0.15) is 12.5 Å². The molecule has 1 unspecified atom stereocenters.